The van der Waals surface area contributed by atoms with Gasteiger partial charge in [-0.2, -0.15) is 0 Å². The molecule has 1 aromatic heterocycles. The van der Waals surface area contributed by atoms with Gasteiger partial charge in [0, 0.05) is 18.8 Å². The van der Waals surface area contributed by atoms with Crippen LogP contribution in [0.2, 0.25) is 0 Å². The molecule has 5 nitrogen and oxygen atoms in total. The average molecular weight is 374 g/mol. The lowest BCUT2D eigenvalue weighted by atomic mass is 10.1. The molecule has 0 bridgehead atoms. The number of nitrogens with zero attached hydrogens (tertiary/aromatic N) is 3. The van der Waals surface area contributed by atoms with E-state index in [-0.39, 0.29) is 5.91 Å². The number of benzene rings is 2. The van der Waals surface area contributed by atoms with Crippen molar-refractivity contribution in [1.29, 1.82) is 0 Å². The van der Waals surface area contributed by atoms with Crippen molar-refractivity contribution in [1.82, 2.24) is 15.3 Å². The summed E-state index contributed by atoms with van der Waals surface area (Å²) in [6.45, 7) is 5.51. The first-order chi connectivity index (χ1) is 13.7. The zero-order chi connectivity index (χ0) is 19.8. The summed E-state index contributed by atoms with van der Waals surface area (Å²) in [5.74, 6) is 0.541. The van der Waals surface area contributed by atoms with Crippen molar-refractivity contribution < 1.29 is 4.79 Å². The van der Waals surface area contributed by atoms with Crippen LogP contribution in [0.4, 0.5) is 11.5 Å². The summed E-state index contributed by atoms with van der Waals surface area (Å²) in [6, 6.07) is 18.5. The number of nitrogens with one attached hydrogen (secondary N) is 1. The molecule has 0 spiro atoms. The number of carbonyl (C=O) groups is 1. The molecule has 0 atom stereocenters. The molecule has 5 heteroatoms. The smallest absolute Gasteiger partial charge is 0.271 e. The van der Waals surface area contributed by atoms with Gasteiger partial charge >= 0.3 is 0 Å². The molecule has 0 fully saturated rings. The number of aryl methyl sites for hydroxylation is 2. The molecular weight excluding hydrogens is 348 g/mol. The summed E-state index contributed by atoms with van der Waals surface area (Å²) in [6.07, 6.45) is 5.02. The number of hydrogen-bond donors (Lipinski definition) is 1. The largest absolute Gasteiger partial charge is 0.351 e. The number of amides is 1. The third kappa shape index (κ3) is 5.16. The van der Waals surface area contributed by atoms with E-state index < -0.39 is 0 Å². The predicted octanol–water partition coefficient (Wildman–Crippen LogP) is 4.31. The van der Waals surface area contributed by atoms with Gasteiger partial charge in [-0.25, -0.2) is 9.97 Å². The van der Waals surface area contributed by atoms with Gasteiger partial charge in [-0.05, 0) is 49.9 Å². The van der Waals surface area contributed by atoms with Crippen LogP contribution >= 0.6 is 0 Å². The molecule has 0 aliphatic rings. The molecule has 0 aliphatic carbocycles. The van der Waals surface area contributed by atoms with Gasteiger partial charge < -0.3 is 10.2 Å². The summed E-state index contributed by atoms with van der Waals surface area (Å²) >= 11 is 0. The monoisotopic (exact) mass is 374 g/mol. The second-order valence-corrected chi connectivity index (χ2v) is 6.69. The maximum atomic E-state index is 12.3. The molecule has 28 heavy (non-hydrogen) atoms. The van der Waals surface area contributed by atoms with Crippen molar-refractivity contribution in [2.24, 2.45) is 0 Å². The van der Waals surface area contributed by atoms with E-state index in [2.05, 4.69) is 58.3 Å². The van der Waals surface area contributed by atoms with E-state index in [1.807, 2.05) is 30.3 Å². The van der Waals surface area contributed by atoms with Crippen molar-refractivity contribution in [2.45, 2.75) is 26.7 Å². The number of carbonyl (C=O) groups excluding carboxylic acids is 1. The lowest BCUT2D eigenvalue weighted by Gasteiger charge is -2.22. The molecule has 0 aliphatic heterocycles. The molecule has 1 N–H and O–H groups in total. The van der Waals surface area contributed by atoms with Gasteiger partial charge in [0.15, 0.2) is 5.82 Å². The van der Waals surface area contributed by atoms with Gasteiger partial charge in [-0.3, -0.25) is 4.79 Å². The Balaban J connectivity index is 1.56. The second-order valence-electron chi connectivity index (χ2n) is 6.69. The molecule has 144 valence electrons. The second kappa shape index (κ2) is 9.65. The lowest BCUT2D eigenvalue weighted by molar-refractivity contribution is 0.0948. The van der Waals surface area contributed by atoms with Crippen molar-refractivity contribution in [3.63, 3.8) is 0 Å². The van der Waals surface area contributed by atoms with E-state index >= 15 is 0 Å². The van der Waals surface area contributed by atoms with Crippen LogP contribution in [-0.2, 0) is 6.42 Å². The van der Waals surface area contributed by atoms with E-state index in [4.69, 9.17) is 0 Å². The van der Waals surface area contributed by atoms with E-state index in [1.54, 1.807) is 12.4 Å². The minimum atomic E-state index is -0.189. The zero-order valence-corrected chi connectivity index (χ0v) is 16.4. The molecule has 0 saturated carbocycles. The van der Waals surface area contributed by atoms with Gasteiger partial charge in [-0.1, -0.05) is 42.5 Å². The van der Waals surface area contributed by atoms with Crippen LogP contribution in [0.5, 0.6) is 0 Å². The molecule has 3 rings (SSSR count). The van der Waals surface area contributed by atoms with Crippen LogP contribution in [0, 0.1) is 6.92 Å². The Bertz CT molecular complexity index is 894. The van der Waals surface area contributed by atoms with E-state index in [0.29, 0.717) is 12.2 Å². The molecular formula is C23H26N4O. The minimum absolute atomic E-state index is 0.189. The lowest BCUT2D eigenvalue weighted by Crippen LogP contribution is -2.26. The Morgan fingerprint density at radius 1 is 1.04 bits per heavy atom. The molecule has 1 heterocycles. The standard InChI is InChI=1S/C23H26N4O/c1-3-27(20-13-7-9-18(2)15-20)22-17-25-21(16-26-22)23(28)24-14-8-12-19-10-5-4-6-11-19/h4-7,9-11,13,15-17H,3,8,12,14H2,1-2H3,(H,24,28). The van der Waals surface area contributed by atoms with Gasteiger partial charge in [0.1, 0.15) is 5.69 Å². The topological polar surface area (TPSA) is 58.1 Å². The quantitative estimate of drug-likeness (QED) is 0.597. The summed E-state index contributed by atoms with van der Waals surface area (Å²) < 4.78 is 0. The number of hydrogen-bond acceptors (Lipinski definition) is 4. The van der Waals surface area contributed by atoms with Gasteiger partial charge in [0.25, 0.3) is 5.91 Å². The highest BCUT2D eigenvalue weighted by Gasteiger charge is 2.12. The first kappa shape index (κ1) is 19.5. The molecule has 0 unspecified atom stereocenters. The third-order valence-electron chi connectivity index (χ3n) is 4.55. The van der Waals surface area contributed by atoms with Crippen LogP contribution < -0.4 is 10.2 Å². The summed E-state index contributed by atoms with van der Waals surface area (Å²) in [4.78, 5) is 23.1. The van der Waals surface area contributed by atoms with E-state index in [1.165, 1.54) is 11.1 Å². The fourth-order valence-corrected chi connectivity index (χ4v) is 3.08. The van der Waals surface area contributed by atoms with Crippen LogP contribution in [-0.4, -0.2) is 29.0 Å². The highest BCUT2D eigenvalue weighted by atomic mass is 16.1. The maximum Gasteiger partial charge on any atom is 0.271 e. The van der Waals surface area contributed by atoms with Crippen molar-refractivity contribution in [3.8, 4) is 0 Å². The molecule has 1 amide bonds. The SMILES string of the molecule is CCN(c1cccc(C)c1)c1cnc(C(=O)NCCCc2ccccc2)cn1. The third-order valence-corrected chi connectivity index (χ3v) is 4.55. The fraction of sp³-hybridized carbons (Fsp3) is 0.261. The molecule has 2 aromatic carbocycles. The highest BCUT2D eigenvalue weighted by Crippen LogP contribution is 2.23. The van der Waals surface area contributed by atoms with Crippen LogP contribution in [0.3, 0.4) is 0 Å². The highest BCUT2D eigenvalue weighted by molar-refractivity contribution is 5.92. The molecule has 3 aromatic rings. The fourth-order valence-electron chi connectivity index (χ4n) is 3.08. The van der Waals surface area contributed by atoms with Crippen molar-refractivity contribution in [3.05, 3.63) is 83.8 Å². The molecule has 0 saturated heterocycles. The normalized spacial score (nSPS) is 10.5. The number of aromatic nitrogens is 2. The maximum absolute atomic E-state index is 12.3. The number of rotatable bonds is 8. The minimum Gasteiger partial charge on any atom is -0.351 e. The summed E-state index contributed by atoms with van der Waals surface area (Å²) in [7, 11) is 0. The van der Waals surface area contributed by atoms with E-state index in [0.717, 1.165) is 30.9 Å². The Hall–Kier alpha value is -3.21. The Morgan fingerprint density at radius 2 is 1.86 bits per heavy atom. The van der Waals surface area contributed by atoms with Crippen LogP contribution in [0.25, 0.3) is 0 Å². The predicted molar refractivity (Wildman–Crippen MR) is 113 cm³/mol. The van der Waals surface area contributed by atoms with E-state index in [9.17, 15) is 4.79 Å². The number of anilines is 2. The molecule has 0 radical (unpaired) electrons. The van der Waals surface area contributed by atoms with Gasteiger partial charge in [0.05, 0.1) is 12.4 Å². The Morgan fingerprint density at radius 3 is 2.54 bits per heavy atom. The van der Waals surface area contributed by atoms with Gasteiger partial charge in [-0.15, -0.1) is 0 Å². The first-order valence-electron chi connectivity index (χ1n) is 9.65. The Kier molecular flexibility index (Phi) is 6.73. The Labute approximate surface area is 166 Å². The van der Waals surface area contributed by atoms with Crippen molar-refractivity contribution in [2.75, 3.05) is 18.0 Å². The average Bonchev–Trinajstić information content (AvgIpc) is 2.73. The van der Waals surface area contributed by atoms with Crippen LogP contribution in [0.15, 0.2) is 67.0 Å². The first-order valence-corrected chi connectivity index (χ1v) is 9.65. The van der Waals surface area contributed by atoms with Crippen LogP contribution in [0.1, 0.15) is 35.0 Å². The summed E-state index contributed by atoms with van der Waals surface area (Å²) in [5.41, 5.74) is 3.87. The van der Waals surface area contributed by atoms with Gasteiger partial charge in [0.2, 0.25) is 0 Å². The zero-order valence-electron chi connectivity index (χ0n) is 16.4. The van der Waals surface area contributed by atoms with Crippen molar-refractivity contribution >= 4 is 17.4 Å². The summed E-state index contributed by atoms with van der Waals surface area (Å²) in [5, 5.41) is 2.92.